The molecule has 5 rings (SSSR count). The molecule has 0 saturated carbocycles. The zero-order valence-electron chi connectivity index (χ0n) is 24.3. The predicted molar refractivity (Wildman–Crippen MR) is 177 cm³/mol. The summed E-state index contributed by atoms with van der Waals surface area (Å²) < 4.78 is 1.51. The Labute approximate surface area is 284 Å². The Balaban J connectivity index is 1.35. The number of anilines is 4. The third-order valence-electron chi connectivity index (χ3n) is 7.03. The largest absolute Gasteiger partial charge is 0.478 e. The molecule has 2 aliphatic heterocycles. The van der Waals surface area contributed by atoms with Gasteiger partial charge in [0.25, 0.3) is 11.7 Å². The van der Waals surface area contributed by atoms with Crippen LogP contribution in [0.25, 0.3) is 5.69 Å². The Morgan fingerprint density at radius 2 is 1.98 bits per heavy atom. The summed E-state index contributed by atoms with van der Waals surface area (Å²) in [4.78, 5) is 64.2. The second-order valence-corrected chi connectivity index (χ2v) is 13.8. The van der Waals surface area contributed by atoms with Crippen LogP contribution in [-0.4, -0.2) is 77.5 Å². The summed E-state index contributed by atoms with van der Waals surface area (Å²) in [6.07, 6.45) is 2.07. The molecule has 246 valence electrons. The molecule has 0 bridgehead atoms. The highest BCUT2D eigenvalue weighted by molar-refractivity contribution is 8.00. The molecule has 20 heteroatoms. The number of thioether (sulfide) groups is 2. The lowest BCUT2D eigenvalue weighted by atomic mass is 9.99. The number of benzene rings is 1. The normalized spacial score (nSPS) is 18.6. The van der Waals surface area contributed by atoms with Gasteiger partial charge in [0, 0.05) is 28.3 Å². The fourth-order valence-corrected chi connectivity index (χ4v) is 7.89. The average Bonchev–Trinajstić information content (AvgIpc) is 3.43. The van der Waals surface area contributed by atoms with Crippen molar-refractivity contribution in [1.29, 1.82) is 0 Å². The first-order valence-corrected chi connectivity index (χ1v) is 16.8. The molecule has 1 aromatic carbocycles. The van der Waals surface area contributed by atoms with Crippen LogP contribution >= 0.6 is 46.5 Å². The number of thiazole rings is 1. The van der Waals surface area contributed by atoms with Crippen LogP contribution in [-0.2, 0) is 30.4 Å². The second kappa shape index (κ2) is 13.6. The van der Waals surface area contributed by atoms with Gasteiger partial charge in [-0.2, -0.15) is 4.57 Å². The molecule has 2 aromatic heterocycles. The van der Waals surface area contributed by atoms with E-state index < -0.39 is 29.4 Å². The highest BCUT2D eigenvalue weighted by Crippen LogP contribution is 2.43. The van der Waals surface area contributed by atoms with Gasteiger partial charge >= 0.3 is 17.1 Å². The van der Waals surface area contributed by atoms with E-state index in [9.17, 15) is 29.4 Å². The third-order valence-corrected chi connectivity index (χ3v) is 10.3. The molecular weight excluding hydrogens is 694 g/mol. The van der Waals surface area contributed by atoms with Crippen molar-refractivity contribution in [2.75, 3.05) is 34.0 Å². The number of carboxylic acid groups (broad SMARTS) is 2. The summed E-state index contributed by atoms with van der Waals surface area (Å²) in [7, 11) is 0. The van der Waals surface area contributed by atoms with Crippen molar-refractivity contribution in [1.82, 2.24) is 14.9 Å². The van der Waals surface area contributed by atoms with Crippen molar-refractivity contribution >= 4 is 98.9 Å². The number of nitrogens with one attached hydrogen (secondary N) is 1. The van der Waals surface area contributed by atoms with Crippen LogP contribution < -0.4 is 27.1 Å². The van der Waals surface area contributed by atoms with Crippen molar-refractivity contribution in [3.8, 4) is 5.69 Å². The van der Waals surface area contributed by atoms with E-state index >= 15 is 0 Å². The van der Waals surface area contributed by atoms with E-state index in [2.05, 4.69) is 20.4 Å². The fourth-order valence-electron chi connectivity index (χ4n) is 4.66. The van der Waals surface area contributed by atoms with Crippen molar-refractivity contribution < 1.29 is 38.8 Å². The number of carbonyl (C=O) groups excluding carboxylic acids is 2. The molecule has 1 saturated heterocycles. The van der Waals surface area contributed by atoms with Crippen LogP contribution in [0.3, 0.4) is 0 Å². The molecule has 3 aromatic rings. The maximum atomic E-state index is 12.9. The first-order valence-electron chi connectivity index (χ1n) is 13.5. The van der Waals surface area contributed by atoms with Gasteiger partial charge in [-0.1, -0.05) is 33.5 Å². The number of amides is 2. The van der Waals surface area contributed by atoms with Crippen LogP contribution in [0.2, 0.25) is 5.02 Å². The first kappa shape index (κ1) is 33.8. The van der Waals surface area contributed by atoms with Crippen LogP contribution in [0.15, 0.2) is 51.7 Å². The minimum Gasteiger partial charge on any atom is -0.478 e. The zero-order chi connectivity index (χ0) is 34.0. The minimum atomic E-state index is -1.85. The van der Waals surface area contributed by atoms with E-state index in [1.165, 1.54) is 46.0 Å². The average molecular weight is 721 g/mol. The molecule has 1 fully saturated rings. The van der Waals surface area contributed by atoms with Gasteiger partial charge in [-0.05, 0) is 37.3 Å². The Kier molecular flexibility index (Phi) is 9.80. The number of fused-ring (bicyclic) bond motifs is 1. The Morgan fingerprint density at radius 1 is 1.26 bits per heavy atom. The lowest BCUT2D eigenvalue weighted by Gasteiger charge is -2.48. The third kappa shape index (κ3) is 7.07. The number of oxime groups is 1. The van der Waals surface area contributed by atoms with Gasteiger partial charge in [0.1, 0.15) is 17.6 Å². The van der Waals surface area contributed by atoms with Gasteiger partial charge in [0.15, 0.2) is 10.8 Å². The Morgan fingerprint density at radius 3 is 2.62 bits per heavy atom. The van der Waals surface area contributed by atoms with E-state index in [0.717, 1.165) is 17.6 Å². The van der Waals surface area contributed by atoms with Crippen molar-refractivity contribution in [3.05, 3.63) is 52.1 Å². The van der Waals surface area contributed by atoms with Crippen molar-refractivity contribution in [2.24, 2.45) is 11.1 Å². The summed E-state index contributed by atoms with van der Waals surface area (Å²) in [5.41, 5.74) is 17.3. The monoisotopic (exact) mass is 720 g/mol. The number of nitrogens with zero attached hydrogens (tertiary/aromatic N) is 5. The van der Waals surface area contributed by atoms with Gasteiger partial charge in [-0.3, -0.25) is 14.5 Å². The number of carbonyl (C=O) groups is 4. The number of β-lactam (4-membered cyclic amide) rings is 1. The van der Waals surface area contributed by atoms with Crippen LogP contribution in [0, 0.1) is 5.92 Å². The predicted octanol–water partition coefficient (Wildman–Crippen LogP) is 1.83. The molecule has 9 N–H and O–H groups in total. The quantitative estimate of drug-likeness (QED) is 0.0390. The molecular formula is C27H27ClN9O7S3+. The first-order chi connectivity index (χ1) is 22.3. The van der Waals surface area contributed by atoms with E-state index in [1.54, 1.807) is 29.6 Å². The molecule has 2 amide bonds. The van der Waals surface area contributed by atoms with Gasteiger partial charge < -0.3 is 37.6 Å². The van der Waals surface area contributed by atoms with E-state index in [0.29, 0.717) is 27.3 Å². The highest BCUT2D eigenvalue weighted by Gasteiger charge is 2.52. The summed E-state index contributed by atoms with van der Waals surface area (Å²) in [6, 6.07) is 6.59. The molecule has 0 radical (unpaired) electrons. The van der Waals surface area contributed by atoms with Gasteiger partial charge in [-0.25, -0.2) is 14.6 Å². The lowest BCUT2D eigenvalue weighted by molar-refractivity contribution is -0.625. The van der Waals surface area contributed by atoms with Crippen molar-refractivity contribution in [3.63, 3.8) is 0 Å². The number of hydrogen-bond acceptors (Lipinski definition) is 14. The van der Waals surface area contributed by atoms with Crippen LogP contribution in [0.4, 0.5) is 22.5 Å². The number of nitrogens with two attached hydrogens (primary N) is 3. The number of aromatic nitrogens is 3. The SMILES string of the molecule is CC(Cc1csc(N)n1)(O/N=C\C(=O)Nc1c(N)nc(SCC2C(=O)N3C(C(=O)O)=CCSC23)[n+](-c2ccc(Cl)cc2)c1N)C(=O)O. The molecule has 0 aliphatic carbocycles. The van der Waals surface area contributed by atoms with E-state index in [-0.39, 0.29) is 51.6 Å². The molecule has 3 unspecified atom stereocenters. The number of halogens is 1. The Hall–Kier alpha value is -4.59. The van der Waals surface area contributed by atoms with Crippen LogP contribution in [0.5, 0.6) is 0 Å². The molecule has 2 aliphatic rings. The lowest BCUT2D eigenvalue weighted by Crippen LogP contribution is -2.61. The summed E-state index contributed by atoms with van der Waals surface area (Å²) >= 11 is 9.88. The Bertz CT molecular complexity index is 1820. The summed E-state index contributed by atoms with van der Waals surface area (Å²) in [5, 5.41) is 27.5. The molecule has 47 heavy (non-hydrogen) atoms. The molecule has 4 heterocycles. The number of rotatable bonds is 12. The van der Waals surface area contributed by atoms with E-state index in [4.69, 9.17) is 33.6 Å². The standard InChI is InChI=1S/C27H26ClN9O7S3/c1-27(24(42)43,8-13-10-46-25(31)33-13)44-32-9-17(38)34-18-19(29)35-26(36(20(18)30)14-4-2-12(28)3-5-14)47-11-15-21(39)37-16(23(40)41)6-7-45-22(15)37/h2-6,9-10,15,22H,7-8,11H2,1H3,(H8,29,30,31,32,33,34,38,40,41,42,43)/p+1. The smallest absolute Gasteiger partial charge is 0.352 e. The number of aliphatic carboxylic acids is 2. The topological polar surface area (TPSA) is 253 Å². The highest BCUT2D eigenvalue weighted by atomic mass is 35.5. The zero-order valence-corrected chi connectivity index (χ0v) is 27.5. The molecule has 16 nitrogen and oxygen atoms in total. The van der Waals surface area contributed by atoms with Gasteiger partial charge in [0.2, 0.25) is 17.3 Å². The molecule has 0 spiro atoms. The summed E-state index contributed by atoms with van der Waals surface area (Å²) in [6.45, 7) is 1.27. The fraction of sp³-hybridized carbons (Fsp3) is 0.259. The van der Waals surface area contributed by atoms with Gasteiger partial charge in [-0.15, -0.1) is 23.1 Å². The maximum Gasteiger partial charge on any atom is 0.352 e. The summed E-state index contributed by atoms with van der Waals surface area (Å²) in [5.74, 6) is -3.64. The minimum absolute atomic E-state index is 0.0220. The van der Waals surface area contributed by atoms with Gasteiger partial charge in [0.05, 0.1) is 17.0 Å². The maximum absolute atomic E-state index is 12.9. The van der Waals surface area contributed by atoms with Crippen LogP contribution in [0.1, 0.15) is 12.6 Å². The number of nitrogen functional groups attached to an aromatic ring is 3. The molecule has 3 atom stereocenters. The second-order valence-electron chi connectivity index (χ2n) is 10.3. The van der Waals surface area contributed by atoms with E-state index in [1.807, 2.05) is 0 Å². The van der Waals surface area contributed by atoms with Crippen molar-refractivity contribution in [2.45, 2.75) is 29.5 Å². The number of carboxylic acids is 2. The number of hydrogen-bond donors (Lipinski definition) is 6.